The van der Waals surface area contributed by atoms with Crippen molar-refractivity contribution in [3.63, 3.8) is 0 Å². The first-order valence-corrected chi connectivity index (χ1v) is 11.9. The number of piperidine rings is 1. The Morgan fingerprint density at radius 1 is 1.03 bits per heavy atom. The number of likely N-dealkylation sites (N-methyl/N-ethyl adjacent to an activating group) is 1. The van der Waals surface area contributed by atoms with E-state index in [1.165, 1.54) is 4.90 Å². The lowest BCUT2D eigenvalue weighted by atomic mass is 9.76. The van der Waals surface area contributed by atoms with E-state index in [0.29, 0.717) is 26.0 Å². The fourth-order valence-corrected chi connectivity index (χ4v) is 5.54. The van der Waals surface area contributed by atoms with Gasteiger partial charge in [0.05, 0.1) is 0 Å². The number of carbonyl (C=O) groups is 2. The molecule has 2 fully saturated rings. The fourth-order valence-electron chi connectivity index (χ4n) is 5.54. The van der Waals surface area contributed by atoms with E-state index in [1.807, 2.05) is 25.2 Å². The molecule has 32 heavy (non-hydrogen) atoms. The molecule has 2 heterocycles. The van der Waals surface area contributed by atoms with Crippen LogP contribution in [-0.2, 0) is 9.59 Å². The summed E-state index contributed by atoms with van der Waals surface area (Å²) in [5, 5.41) is 2.19. The number of amides is 2. The summed E-state index contributed by atoms with van der Waals surface area (Å²) in [6.07, 6.45) is 7.02. The largest absolute Gasteiger partial charge is 0.484 e. The van der Waals surface area contributed by atoms with Gasteiger partial charge in [-0.2, -0.15) is 0 Å². The Hall–Kier alpha value is -2.60. The first-order valence-electron chi connectivity index (χ1n) is 11.9. The minimum absolute atomic E-state index is 0.0241. The molecule has 0 radical (unpaired) electrons. The van der Waals surface area contributed by atoms with Gasteiger partial charge < -0.3 is 9.47 Å². The molecule has 6 heteroatoms. The van der Waals surface area contributed by atoms with Crippen molar-refractivity contribution in [2.24, 2.45) is 5.41 Å². The Kier molecular flexibility index (Phi) is 5.80. The third kappa shape index (κ3) is 4.08. The van der Waals surface area contributed by atoms with E-state index < -0.39 is 0 Å². The van der Waals surface area contributed by atoms with Gasteiger partial charge in [0.1, 0.15) is 6.61 Å². The van der Waals surface area contributed by atoms with E-state index in [4.69, 9.17) is 9.47 Å². The van der Waals surface area contributed by atoms with Gasteiger partial charge in [-0.3, -0.25) is 19.4 Å². The molecular weight excluding hydrogens is 404 g/mol. The molecule has 1 saturated heterocycles. The van der Waals surface area contributed by atoms with Crippen LogP contribution >= 0.6 is 0 Å². The van der Waals surface area contributed by atoms with Crippen LogP contribution in [0, 0.1) is 5.41 Å². The lowest BCUT2D eigenvalue weighted by molar-refractivity contribution is -0.153. The smallest absolute Gasteiger partial charge is 0.229 e. The molecule has 0 bridgehead atoms. The van der Waals surface area contributed by atoms with Crippen LogP contribution in [0.15, 0.2) is 36.4 Å². The van der Waals surface area contributed by atoms with Crippen molar-refractivity contribution in [3.05, 3.63) is 36.4 Å². The highest BCUT2D eigenvalue weighted by Gasteiger charge is 2.44. The third-order valence-electron chi connectivity index (χ3n) is 7.43. The van der Waals surface area contributed by atoms with Crippen LogP contribution in [-0.4, -0.2) is 54.6 Å². The standard InChI is InChI=1S/C26H32N2O4/c1-27(24-18-31-21-11-10-19-8-2-3-9-20(19)25(21)32-24)14-6-7-15-28-22(29)16-26(17-23(28)30)12-4-5-13-26/h2-3,8-11,24H,4-7,12-18H2,1H3. The summed E-state index contributed by atoms with van der Waals surface area (Å²) in [6.45, 7) is 1.82. The quantitative estimate of drug-likeness (QED) is 0.497. The fraction of sp³-hybridized carbons (Fsp3) is 0.538. The molecular formula is C26H32N2O4. The first-order chi connectivity index (χ1) is 15.5. The number of hydrogen-bond donors (Lipinski definition) is 0. The Morgan fingerprint density at radius 3 is 2.56 bits per heavy atom. The molecule has 1 saturated carbocycles. The molecule has 5 rings (SSSR count). The van der Waals surface area contributed by atoms with Crippen molar-refractivity contribution in [3.8, 4) is 11.5 Å². The lowest BCUT2D eigenvalue weighted by Crippen LogP contribution is -2.47. The van der Waals surface area contributed by atoms with Gasteiger partial charge in [-0.05, 0) is 49.6 Å². The number of fused-ring (bicyclic) bond motifs is 3. The molecule has 2 aromatic carbocycles. The molecule has 6 nitrogen and oxygen atoms in total. The maximum atomic E-state index is 12.6. The Labute approximate surface area is 189 Å². The van der Waals surface area contributed by atoms with E-state index in [-0.39, 0.29) is 23.5 Å². The van der Waals surface area contributed by atoms with Gasteiger partial charge in [0.15, 0.2) is 17.7 Å². The van der Waals surface area contributed by atoms with E-state index in [2.05, 4.69) is 23.1 Å². The molecule has 3 aliphatic rings. The van der Waals surface area contributed by atoms with Crippen LogP contribution in [0.2, 0.25) is 0 Å². The number of likely N-dealkylation sites (tertiary alicyclic amines) is 1. The second kappa shape index (κ2) is 8.74. The van der Waals surface area contributed by atoms with Crippen LogP contribution in [0.1, 0.15) is 51.4 Å². The molecule has 1 atom stereocenters. The second-order valence-electron chi connectivity index (χ2n) is 9.68. The molecule has 2 aliphatic heterocycles. The SMILES string of the molecule is CN(CCCCN1C(=O)CC2(CCCC2)CC1=O)C1COc2ccc3ccccc3c2O1. The number of imide groups is 1. The van der Waals surface area contributed by atoms with E-state index in [0.717, 1.165) is 67.3 Å². The van der Waals surface area contributed by atoms with Crippen molar-refractivity contribution in [2.75, 3.05) is 26.7 Å². The number of ether oxygens (including phenoxy) is 2. The average Bonchev–Trinajstić information content (AvgIpc) is 3.24. The van der Waals surface area contributed by atoms with Gasteiger partial charge in [-0.15, -0.1) is 0 Å². The van der Waals surface area contributed by atoms with E-state index >= 15 is 0 Å². The number of benzene rings is 2. The van der Waals surface area contributed by atoms with Gasteiger partial charge in [0, 0.05) is 31.3 Å². The molecule has 170 valence electrons. The topological polar surface area (TPSA) is 59.1 Å². The van der Waals surface area contributed by atoms with Crippen LogP contribution < -0.4 is 9.47 Å². The Balaban J connectivity index is 1.12. The lowest BCUT2D eigenvalue weighted by Gasteiger charge is -2.37. The zero-order chi connectivity index (χ0) is 22.1. The van der Waals surface area contributed by atoms with Gasteiger partial charge in [0.2, 0.25) is 11.8 Å². The van der Waals surface area contributed by atoms with Crippen LogP contribution in [0.5, 0.6) is 11.5 Å². The number of hydrogen-bond acceptors (Lipinski definition) is 5. The zero-order valence-corrected chi connectivity index (χ0v) is 18.8. The summed E-state index contributed by atoms with van der Waals surface area (Å²) in [4.78, 5) is 28.9. The summed E-state index contributed by atoms with van der Waals surface area (Å²) in [5.41, 5.74) is -0.0241. The minimum atomic E-state index is -0.159. The number of carbonyl (C=O) groups excluding carboxylic acids is 2. The van der Waals surface area contributed by atoms with Crippen LogP contribution in [0.3, 0.4) is 0 Å². The highest BCUT2D eigenvalue weighted by molar-refractivity contribution is 5.98. The number of unbranched alkanes of at least 4 members (excludes halogenated alkanes) is 1. The van der Waals surface area contributed by atoms with E-state index in [9.17, 15) is 9.59 Å². The summed E-state index contributed by atoms with van der Waals surface area (Å²) < 4.78 is 12.3. The highest BCUT2D eigenvalue weighted by Crippen LogP contribution is 2.47. The average molecular weight is 437 g/mol. The Morgan fingerprint density at radius 2 is 1.78 bits per heavy atom. The first kappa shape index (κ1) is 21.3. The predicted octanol–water partition coefficient (Wildman–Crippen LogP) is 4.36. The Bertz CT molecular complexity index is 994. The summed E-state index contributed by atoms with van der Waals surface area (Å²) in [7, 11) is 2.03. The highest BCUT2D eigenvalue weighted by atomic mass is 16.6. The van der Waals surface area contributed by atoms with Crippen LogP contribution in [0.4, 0.5) is 0 Å². The van der Waals surface area contributed by atoms with Crippen molar-refractivity contribution in [1.29, 1.82) is 0 Å². The van der Waals surface area contributed by atoms with Crippen molar-refractivity contribution in [2.45, 2.75) is 57.6 Å². The maximum absolute atomic E-state index is 12.6. The summed E-state index contributed by atoms with van der Waals surface area (Å²) in [5.74, 6) is 1.65. The molecule has 0 N–H and O–H groups in total. The normalized spacial score (nSPS) is 22.3. The zero-order valence-electron chi connectivity index (χ0n) is 18.8. The minimum Gasteiger partial charge on any atom is -0.484 e. The van der Waals surface area contributed by atoms with Crippen molar-refractivity contribution in [1.82, 2.24) is 9.80 Å². The number of nitrogens with zero attached hydrogens (tertiary/aromatic N) is 2. The molecule has 1 aliphatic carbocycles. The van der Waals surface area contributed by atoms with E-state index in [1.54, 1.807) is 0 Å². The summed E-state index contributed by atoms with van der Waals surface area (Å²) >= 11 is 0. The monoisotopic (exact) mass is 436 g/mol. The molecule has 1 spiro atoms. The molecule has 2 aromatic rings. The van der Waals surface area contributed by atoms with Crippen LogP contribution in [0.25, 0.3) is 10.8 Å². The second-order valence-corrected chi connectivity index (χ2v) is 9.68. The van der Waals surface area contributed by atoms with Gasteiger partial charge in [-0.25, -0.2) is 0 Å². The van der Waals surface area contributed by atoms with Gasteiger partial charge in [-0.1, -0.05) is 43.2 Å². The van der Waals surface area contributed by atoms with Crippen molar-refractivity contribution < 1.29 is 19.1 Å². The van der Waals surface area contributed by atoms with Gasteiger partial charge >= 0.3 is 0 Å². The molecule has 0 aromatic heterocycles. The molecule has 1 unspecified atom stereocenters. The molecule has 2 amide bonds. The van der Waals surface area contributed by atoms with Crippen molar-refractivity contribution >= 4 is 22.6 Å². The predicted molar refractivity (Wildman–Crippen MR) is 123 cm³/mol. The third-order valence-corrected chi connectivity index (χ3v) is 7.43. The number of rotatable bonds is 6. The summed E-state index contributed by atoms with van der Waals surface area (Å²) in [6, 6.07) is 12.2. The maximum Gasteiger partial charge on any atom is 0.229 e. The van der Waals surface area contributed by atoms with Gasteiger partial charge in [0.25, 0.3) is 0 Å².